The van der Waals surface area contributed by atoms with Crippen LogP contribution in [-0.2, 0) is 19.5 Å². The number of halogens is 1. The molecule has 0 N–H and O–H groups in total. The first kappa shape index (κ1) is 12.1. The summed E-state index contributed by atoms with van der Waals surface area (Å²) in [6.45, 7) is 1.54. The van der Waals surface area contributed by atoms with E-state index in [9.17, 15) is 13.2 Å². The summed E-state index contributed by atoms with van der Waals surface area (Å²) in [7, 11) is 2.58. The molecule has 1 heterocycles. The van der Waals surface area contributed by atoms with Gasteiger partial charge in [-0.3, -0.25) is 0 Å². The number of furan rings is 1. The highest BCUT2D eigenvalue weighted by Crippen LogP contribution is 2.18. The lowest BCUT2D eigenvalue weighted by Crippen LogP contribution is -2.00. The molecule has 0 aliphatic heterocycles. The number of hydrogen-bond acceptors (Lipinski definition) is 5. The van der Waals surface area contributed by atoms with Crippen molar-refractivity contribution in [3.05, 3.63) is 23.2 Å². The zero-order valence-corrected chi connectivity index (χ0v) is 9.68. The minimum absolute atomic E-state index is 0.114. The van der Waals surface area contributed by atoms with Gasteiger partial charge in [-0.1, -0.05) is 0 Å². The monoisotopic (exact) mass is 252 g/mol. The highest BCUT2D eigenvalue weighted by molar-refractivity contribution is 8.13. The van der Waals surface area contributed by atoms with Gasteiger partial charge in [0.2, 0.25) is 9.05 Å². The van der Waals surface area contributed by atoms with Gasteiger partial charge >= 0.3 is 5.97 Å². The van der Waals surface area contributed by atoms with Crippen molar-refractivity contribution in [1.82, 2.24) is 0 Å². The van der Waals surface area contributed by atoms with Crippen LogP contribution >= 0.6 is 10.7 Å². The van der Waals surface area contributed by atoms with E-state index in [4.69, 9.17) is 15.1 Å². The summed E-state index contributed by atoms with van der Waals surface area (Å²) in [5.41, 5.74) is 0.202. The van der Waals surface area contributed by atoms with Gasteiger partial charge < -0.3 is 9.15 Å². The maximum Gasteiger partial charge on any atom is 0.341 e. The molecule has 0 aliphatic rings. The van der Waals surface area contributed by atoms with Crippen molar-refractivity contribution in [3.8, 4) is 0 Å². The lowest BCUT2D eigenvalue weighted by molar-refractivity contribution is 0.0599. The standard InChI is InChI=1S/C8H9ClO5S/c1-5-7(8(10)13-2)3-6(14-5)4-15(9,11)12/h3H,4H2,1-2H3. The molecular formula is C8H9ClO5S. The summed E-state index contributed by atoms with van der Waals surface area (Å²) in [6.07, 6.45) is 0. The number of ether oxygens (including phenoxy) is 1. The fraction of sp³-hybridized carbons (Fsp3) is 0.375. The van der Waals surface area contributed by atoms with E-state index in [0.29, 0.717) is 5.76 Å². The van der Waals surface area contributed by atoms with Crippen LogP contribution in [0.1, 0.15) is 21.9 Å². The minimum Gasteiger partial charge on any atom is -0.465 e. The van der Waals surface area contributed by atoms with E-state index in [1.807, 2.05) is 0 Å². The Morgan fingerprint density at radius 3 is 2.67 bits per heavy atom. The zero-order chi connectivity index (χ0) is 11.6. The van der Waals surface area contributed by atoms with E-state index in [1.54, 1.807) is 0 Å². The lowest BCUT2D eigenvalue weighted by atomic mass is 10.2. The largest absolute Gasteiger partial charge is 0.465 e. The quantitative estimate of drug-likeness (QED) is 0.601. The normalized spacial score (nSPS) is 11.4. The lowest BCUT2D eigenvalue weighted by Gasteiger charge is -1.93. The third-order valence-corrected chi connectivity index (χ3v) is 2.65. The van der Waals surface area contributed by atoms with Crippen molar-refractivity contribution in [2.75, 3.05) is 7.11 Å². The molecule has 84 valence electrons. The van der Waals surface area contributed by atoms with Crippen LogP contribution in [0.3, 0.4) is 0 Å². The molecule has 5 nitrogen and oxygen atoms in total. The van der Waals surface area contributed by atoms with Crippen LogP contribution in [0.5, 0.6) is 0 Å². The molecule has 0 fully saturated rings. The van der Waals surface area contributed by atoms with Gasteiger partial charge in [-0.15, -0.1) is 0 Å². The summed E-state index contributed by atoms with van der Waals surface area (Å²) < 4.78 is 31.0. The number of carbonyl (C=O) groups is 1. The zero-order valence-electron chi connectivity index (χ0n) is 8.11. The second-order valence-electron chi connectivity index (χ2n) is 2.86. The molecular weight excluding hydrogens is 244 g/mol. The average Bonchev–Trinajstić information content (AvgIpc) is 2.42. The van der Waals surface area contributed by atoms with E-state index < -0.39 is 20.8 Å². The summed E-state index contributed by atoms with van der Waals surface area (Å²) in [6, 6.07) is 1.31. The fourth-order valence-corrected chi connectivity index (χ4v) is 1.90. The van der Waals surface area contributed by atoms with Gasteiger partial charge in [0, 0.05) is 10.7 Å². The number of methoxy groups -OCH3 is 1. The van der Waals surface area contributed by atoms with Gasteiger partial charge in [0.15, 0.2) is 0 Å². The van der Waals surface area contributed by atoms with Crippen molar-refractivity contribution in [3.63, 3.8) is 0 Å². The van der Waals surface area contributed by atoms with Gasteiger partial charge in [0.05, 0.1) is 7.11 Å². The highest BCUT2D eigenvalue weighted by atomic mass is 35.7. The third kappa shape index (κ3) is 3.24. The Morgan fingerprint density at radius 2 is 2.20 bits per heavy atom. The molecule has 0 saturated heterocycles. The molecule has 0 spiro atoms. The van der Waals surface area contributed by atoms with Crippen molar-refractivity contribution >= 4 is 25.7 Å². The number of aryl methyl sites for hydroxylation is 1. The molecule has 1 aromatic rings. The third-order valence-electron chi connectivity index (χ3n) is 1.69. The molecule has 0 amide bonds. The van der Waals surface area contributed by atoms with Crippen LogP contribution in [0.15, 0.2) is 10.5 Å². The number of carbonyl (C=O) groups excluding carboxylic acids is 1. The van der Waals surface area contributed by atoms with Gasteiger partial charge in [-0.05, 0) is 13.0 Å². The topological polar surface area (TPSA) is 73.6 Å². The summed E-state index contributed by atoms with van der Waals surface area (Å²) in [5.74, 6) is -0.610. The van der Waals surface area contributed by atoms with Gasteiger partial charge in [0.1, 0.15) is 22.8 Å². The molecule has 0 radical (unpaired) electrons. The molecule has 0 atom stereocenters. The minimum atomic E-state index is -3.69. The first-order valence-electron chi connectivity index (χ1n) is 3.93. The highest BCUT2D eigenvalue weighted by Gasteiger charge is 2.18. The molecule has 15 heavy (non-hydrogen) atoms. The molecule has 7 heteroatoms. The molecule has 0 unspecified atom stereocenters. The Balaban J connectivity index is 3.01. The van der Waals surface area contributed by atoms with Crippen molar-refractivity contribution in [2.45, 2.75) is 12.7 Å². The second kappa shape index (κ2) is 4.24. The van der Waals surface area contributed by atoms with E-state index in [0.717, 1.165) is 0 Å². The van der Waals surface area contributed by atoms with Crippen LogP contribution in [0.25, 0.3) is 0 Å². The number of hydrogen-bond donors (Lipinski definition) is 0. The van der Waals surface area contributed by atoms with Crippen LogP contribution in [-0.4, -0.2) is 21.5 Å². The van der Waals surface area contributed by atoms with Crippen LogP contribution in [0.2, 0.25) is 0 Å². The molecule has 0 aromatic carbocycles. The Bertz CT molecular complexity index is 473. The van der Waals surface area contributed by atoms with Crippen LogP contribution in [0.4, 0.5) is 0 Å². The Hall–Kier alpha value is -1.01. The van der Waals surface area contributed by atoms with Crippen molar-refractivity contribution < 1.29 is 22.4 Å². The van der Waals surface area contributed by atoms with Gasteiger partial charge in [0.25, 0.3) is 0 Å². The van der Waals surface area contributed by atoms with Crippen molar-refractivity contribution in [2.24, 2.45) is 0 Å². The molecule has 1 rings (SSSR count). The van der Waals surface area contributed by atoms with E-state index in [-0.39, 0.29) is 11.3 Å². The molecule has 0 aliphatic carbocycles. The maximum absolute atomic E-state index is 11.1. The maximum atomic E-state index is 11.1. The van der Waals surface area contributed by atoms with E-state index in [2.05, 4.69) is 4.74 Å². The smallest absolute Gasteiger partial charge is 0.341 e. The first-order chi connectivity index (χ1) is 6.83. The first-order valence-corrected chi connectivity index (χ1v) is 6.41. The summed E-state index contributed by atoms with van der Waals surface area (Å²) in [5, 5.41) is 0. The van der Waals surface area contributed by atoms with E-state index >= 15 is 0 Å². The summed E-state index contributed by atoms with van der Waals surface area (Å²) in [4.78, 5) is 11.1. The average molecular weight is 253 g/mol. The van der Waals surface area contributed by atoms with Gasteiger partial charge in [-0.2, -0.15) is 0 Å². The fourth-order valence-electron chi connectivity index (χ4n) is 1.10. The predicted molar refractivity (Wildman–Crippen MR) is 53.3 cm³/mol. The Kier molecular flexibility index (Phi) is 3.41. The summed E-state index contributed by atoms with van der Waals surface area (Å²) >= 11 is 0. The number of rotatable bonds is 3. The number of esters is 1. The Morgan fingerprint density at radius 1 is 1.60 bits per heavy atom. The SMILES string of the molecule is COC(=O)c1cc(CS(=O)(=O)Cl)oc1C. The predicted octanol–water partition coefficient (Wildman–Crippen LogP) is 1.44. The Labute approximate surface area is 91.4 Å². The van der Waals surface area contributed by atoms with Crippen molar-refractivity contribution in [1.29, 1.82) is 0 Å². The molecule has 1 aromatic heterocycles. The molecule has 0 saturated carbocycles. The van der Waals surface area contributed by atoms with Crippen LogP contribution in [0, 0.1) is 6.92 Å². The second-order valence-corrected chi connectivity index (χ2v) is 5.63. The molecule has 0 bridgehead atoms. The van der Waals surface area contributed by atoms with Gasteiger partial charge in [-0.25, -0.2) is 13.2 Å². The van der Waals surface area contributed by atoms with E-state index in [1.165, 1.54) is 20.1 Å². The van der Waals surface area contributed by atoms with Crippen LogP contribution < -0.4 is 0 Å².